The summed E-state index contributed by atoms with van der Waals surface area (Å²) in [4.78, 5) is 12.4. The molecule has 0 unspecified atom stereocenters. The molecule has 86 valence electrons. The monoisotopic (exact) mass is 226 g/mol. The molecule has 0 radical (unpaired) electrons. The van der Waals surface area contributed by atoms with Crippen molar-refractivity contribution >= 4 is 5.78 Å². The fourth-order valence-corrected chi connectivity index (χ4v) is 2.36. The minimum Gasteiger partial charge on any atom is -0.472 e. The summed E-state index contributed by atoms with van der Waals surface area (Å²) >= 11 is 0. The van der Waals surface area contributed by atoms with Crippen molar-refractivity contribution in [1.82, 2.24) is 0 Å². The van der Waals surface area contributed by atoms with E-state index in [9.17, 15) is 4.79 Å². The van der Waals surface area contributed by atoms with E-state index in [0.29, 0.717) is 12.2 Å². The number of rotatable bonds is 4. The first-order valence-corrected chi connectivity index (χ1v) is 5.91. The van der Waals surface area contributed by atoms with Crippen molar-refractivity contribution in [2.45, 2.75) is 24.7 Å². The zero-order valence-corrected chi connectivity index (χ0v) is 9.56. The summed E-state index contributed by atoms with van der Waals surface area (Å²) in [6.45, 7) is 0. The lowest BCUT2D eigenvalue weighted by molar-refractivity contribution is -0.120. The first-order valence-electron chi connectivity index (χ1n) is 5.91. The Kier molecular flexibility index (Phi) is 2.36. The molecule has 0 atom stereocenters. The van der Waals surface area contributed by atoms with E-state index in [0.717, 1.165) is 24.0 Å². The highest BCUT2D eigenvalue weighted by Crippen LogP contribution is 2.49. The van der Waals surface area contributed by atoms with Crippen LogP contribution >= 0.6 is 0 Å². The maximum absolute atomic E-state index is 12.4. The molecule has 1 saturated carbocycles. The van der Waals surface area contributed by atoms with Crippen LogP contribution < -0.4 is 0 Å². The van der Waals surface area contributed by atoms with Crippen molar-refractivity contribution in [3.8, 4) is 0 Å². The highest BCUT2D eigenvalue weighted by atomic mass is 16.3. The van der Waals surface area contributed by atoms with Crippen molar-refractivity contribution < 1.29 is 9.21 Å². The molecule has 0 N–H and O–H groups in total. The lowest BCUT2D eigenvalue weighted by atomic mass is 9.88. The quantitative estimate of drug-likeness (QED) is 0.801. The molecule has 1 aliphatic carbocycles. The number of hydrogen-bond donors (Lipinski definition) is 0. The van der Waals surface area contributed by atoms with Gasteiger partial charge in [-0.3, -0.25) is 4.79 Å². The van der Waals surface area contributed by atoms with E-state index in [2.05, 4.69) is 12.1 Å². The molecule has 1 fully saturated rings. The van der Waals surface area contributed by atoms with Crippen molar-refractivity contribution in [1.29, 1.82) is 0 Å². The molecule has 17 heavy (non-hydrogen) atoms. The molecule has 1 aliphatic rings. The molecule has 3 rings (SSSR count). The number of furan rings is 1. The molecule has 0 saturated heterocycles. The molecule has 0 spiro atoms. The van der Waals surface area contributed by atoms with E-state index in [1.807, 2.05) is 24.3 Å². The predicted octanol–water partition coefficient (Wildman–Crippen LogP) is 3.12. The van der Waals surface area contributed by atoms with E-state index in [1.54, 1.807) is 12.5 Å². The average molecular weight is 226 g/mol. The summed E-state index contributed by atoms with van der Waals surface area (Å²) in [6, 6.07) is 12.0. The molecule has 0 amide bonds. The van der Waals surface area contributed by atoms with Crippen molar-refractivity contribution in [3.05, 3.63) is 60.1 Å². The molecule has 1 aromatic carbocycles. The zero-order valence-electron chi connectivity index (χ0n) is 9.56. The lowest BCUT2D eigenvalue weighted by Gasteiger charge is -2.13. The standard InChI is InChI=1S/C15H14O2/c16-14(10-12-6-9-17-11-12)15(7-8-15)13-4-2-1-3-5-13/h1-6,9,11H,7-8,10H2. The van der Waals surface area contributed by atoms with Crippen LogP contribution in [0.15, 0.2) is 53.3 Å². The van der Waals surface area contributed by atoms with E-state index in [4.69, 9.17) is 4.42 Å². The van der Waals surface area contributed by atoms with Gasteiger partial charge in [-0.2, -0.15) is 0 Å². The molecular weight excluding hydrogens is 212 g/mol. The van der Waals surface area contributed by atoms with E-state index >= 15 is 0 Å². The Balaban J connectivity index is 1.82. The SMILES string of the molecule is O=C(Cc1ccoc1)C1(c2ccccc2)CC1. The zero-order chi connectivity index (χ0) is 11.7. The van der Waals surface area contributed by atoms with Crippen molar-refractivity contribution in [2.24, 2.45) is 0 Å². The summed E-state index contributed by atoms with van der Waals surface area (Å²) in [5.41, 5.74) is 1.92. The summed E-state index contributed by atoms with van der Waals surface area (Å²) in [5.74, 6) is 0.310. The van der Waals surface area contributed by atoms with Crippen LogP contribution in [0.1, 0.15) is 24.0 Å². The second kappa shape index (κ2) is 3.88. The van der Waals surface area contributed by atoms with E-state index < -0.39 is 0 Å². The van der Waals surface area contributed by atoms with Gasteiger partial charge in [-0.05, 0) is 30.0 Å². The van der Waals surface area contributed by atoms with E-state index in [1.165, 1.54) is 0 Å². The van der Waals surface area contributed by atoms with Gasteiger partial charge < -0.3 is 4.42 Å². The highest BCUT2D eigenvalue weighted by molar-refractivity contribution is 5.94. The third-order valence-electron chi connectivity index (χ3n) is 3.55. The van der Waals surface area contributed by atoms with Gasteiger partial charge in [-0.25, -0.2) is 0 Å². The van der Waals surface area contributed by atoms with Crippen LogP contribution in [0.4, 0.5) is 0 Å². The third kappa shape index (κ3) is 1.80. The van der Waals surface area contributed by atoms with Crippen LogP contribution in [-0.4, -0.2) is 5.78 Å². The van der Waals surface area contributed by atoms with Gasteiger partial charge in [0.05, 0.1) is 17.9 Å². The molecular formula is C15H14O2. The van der Waals surface area contributed by atoms with Crippen molar-refractivity contribution in [2.75, 3.05) is 0 Å². The summed E-state index contributed by atoms with van der Waals surface area (Å²) in [5, 5.41) is 0. The second-order valence-corrected chi connectivity index (χ2v) is 4.68. The Hall–Kier alpha value is -1.83. The fraction of sp³-hybridized carbons (Fsp3) is 0.267. The minimum atomic E-state index is -0.210. The van der Waals surface area contributed by atoms with Crippen LogP contribution in [0.3, 0.4) is 0 Å². The molecule has 0 bridgehead atoms. The maximum atomic E-state index is 12.4. The van der Waals surface area contributed by atoms with Crippen LogP contribution in [0.5, 0.6) is 0 Å². The van der Waals surface area contributed by atoms with Gasteiger partial charge >= 0.3 is 0 Å². The molecule has 2 heteroatoms. The van der Waals surface area contributed by atoms with Gasteiger partial charge in [0.2, 0.25) is 0 Å². The van der Waals surface area contributed by atoms with Crippen LogP contribution in [0, 0.1) is 0 Å². The normalized spacial score (nSPS) is 16.7. The molecule has 2 aromatic rings. The van der Waals surface area contributed by atoms with Gasteiger partial charge in [-0.15, -0.1) is 0 Å². The molecule has 0 aliphatic heterocycles. The molecule has 2 nitrogen and oxygen atoms in total. The number of carbonyl (C=O) groups excluding carboxylic acids is 1. The van der Waals surface area contributed by atoms with Crippen molar-refractivity contribution in [3.63, 3.8) is 0 Å². The van der Waals surface area contributed by atoms with Crippen LogP contribution in [0.2, 0.25) is 0 Å². The highest BCUT2D eigenvalue weighted by Gasteiger charge is 2.50. The number of Topliss-reactive ketones (excluding diaryl/α,β-unsaturated/α-hetero) is 1. The maximum Gasteiger partial charge on any atom is 0.147 e. The van der Waals surface area contributed by atoms with Gasteiger partial charge in [-0.1, -0.05) is 30.3 Å². The van der Waals surface area contributed by atoms with Crippen LogP contribution in [-0.2, 0) is 16.6 Å². The first kappa shape index (κ1) is 10.3. The molecule has 1 aromatic heterocycles. The van der Waals surface area contributed by atoms with Gasteiger partial charge in [0.1, 0.15) is 5.78 Å². The topological polar surface area (TPSA) is 30.2 Å². The van der Waals surface area contributed by atoms with Gasteiger partial charge in [0, 0.05) is 6.42 Å². The third-order valence-corrected chi connectivity index (χ3v) is 3.55. The minimum absolute atomic E-state index is 0.210. The number of carbonyl (C=O) groups is 1. The number of ketones is 1. The largest absolute Gasteiger partial charge is 0.472 e. The Morgan fingerprint density at radius 3 is 2.53 bits per heavy atom. The summed E-state index contributed by atoms with van der Waals surface area (Å²) in [6.07, 6.45) is 5.70. The van der Waals surface area contributed by atoms with E-state index in [-0.39, 0.29) is 5.41 Å². The summed E-state index contributed by atoms with van der Waals surface area (Å²) in [7, 11) is 0. The Bertz CT molecular complexity index is 507. The Morgan fingerprint density at radius 1 is 1.18 bits per heavy atom. The Morgan fingerprint density at radius 2 is 1.94 bits per heavy atom. The number of hydrogen-bond acceptors (Lipinski definition) is 2. The smallest absolute Gasteiger partial charge is 0.147 e. The van der Waals surface area contributed by atoms with Crippen LogP contribution in [0.25, 0.3) is 0 Å². The summed E-state index contributed by atoms with van der Waals surface area (Å²) < 4.78 is 5.00. The molecule has 1 heterocycles. The first-order chi connectivity index (χ1) is 8.31. The Labute approximate surface area is 100 Å². The lowest BCUT2D eigenvalue weighted by Crippen LogP contribution is -2.22. The van der Waals surface area contributed by atoms with Gasteiger partial charge in [0.25, 0.3) is 0 Å². The second-order valence-electron chi connectivity index (χ2n) is 4.68. The number of benzene rings is 1. The van der Waals surface area contributed by atoms with Gasteiger partial charge in [0.15, 0.2) is 0 Å². The predicted molar refractivity (Wildman–Crippen MR) is 64.8 cm³/mol. The fourth-order valence-electron chi connectivity index (χ4n) is 2.36. The average Bonchev–Trinajstić information content (AvgIpc) is 3.04.